The average Bonchev–Trinajstić information content (AvgIpc) is 2.54. The van der Waals surface area contributed by atoms with Gasteiger partial charge in [0.15, 0.2) is 5.96 Å². The van der Waals surface area contributed by atoms with Gasteiger partial charge in [0.05, 0.1) is 13.2 Å². The van der Waals surface area contributed by atoms with Gasteiger partial charge in [-0.05, 0) is 33.1 Å². The molecule has 7 heteroatoms. The monoisotopic (exact) mass is 442 g/mol. The van der Waals surface area contributed by atoms with Crippen LogP contribution in [-0.4, -0.2) is 76.6 Å². The largest absolute Gasteiger partial charge is 0.385 e. The fourth-order valence-corrected chi connectivity index (χ4v) is 2.56. The molecular formula is C16H35IN4O2. The maximum Gasteiger partial charge on any atom is 0.191 e. The summed E-state index contributed by atoms with van der Waals surface area (Å²) in [6.07, 6.45) is 3.43. The summed E-state index contributed by atoms with van der Waals surface area (Å²) in [5.74, 6) is 0.882. The van der Waals surface area contributed by atoms with Crippen molar-refractivity contribution in [2.75, 3.05) is 60.2 Å². The Kier molecular flexibility index (Phi) is 13.1. The lowest BCUT2D eigenvalue weighted by Gasteiger charge is -2.41. The van der Waals surface area contributed by atoms with Crippen LogP contribution in [0.1, 0.15) is 33.1 Å². The van der Waals surface area contributed by atoms with Crippen LogP contribution in [0.3, 0.4) is 0 Å². The van der Waals surface area contributed by atoms with Crippen molar-refractivity contribution in [1.82, 2.24) is 15.5 Å². The van der Waals surface area contributed by atoms with Crippen molar-refractivity contribution in [3.63, 3.8) is 0 Å². The number of ether oxygens (including phenoxy) is 2. The number of hydrogen-bond donors (Lipinski definition) is 2. The molecule has 0 bridgehead atoms. The van der Waals surface area contributed by atoms with Crippen molar-refractivity contribution >= 4 is 29.9 Å². The molecule has 0 radical (unpaired) electrons. The van der Waals surface area contributed by atoms with Gasteiger partial charge >= 0.3 is 0 Å². The van der Waals surface area contributed by atoms with Gasteiger partial charge in [0.25, 0.3) is 0 Å². The van der Waals surface area contributed by atoms with E-state index in [0.717, 1.165) is 64.8 Å². The molecule has 1 rings (SSSR count). The molecule has 0 unspecified atom stereocenters. The van der Waals surface area contributed by atoms with Crippen LogP contribution in [0.15, 0.2) is 4.99 Å². The zero-order valence-corrected chi connectivity index (χ0v) is 17.5. The number of halogens is 1. The number of unbranched alkanes of at least 4 members (excludes halogenated alkanes) is 2. The van der Waals surface area contributed by atoms with Crippen LogP contribution in [-0.2, 0) is 9.47 Å². The van der Waals surface area contributed by atoms with E-state index in [1.165, 1.54) is 6.42 Å². The SMILES string of the molecule is CN=C(NCCCCCOC)NCC(C)(C)N1CCOCC1.I. The molecule has 0 amide bonds. The highest BCUT2D eigenvalue weighted by Gasteiger charge is 2.28. The fraction of sp³-hybridized carbons (Fsp3) is 0.938. The summed E-state index contributed by atoms with van der Waals surface area (Å²) in [7, 11) is 3.57. The predicted molar refractivity (Wildman–Crippen MR) is 107 cm³/mol. The molecule has 0 saturated carbocycles. The van der Waals surface area contributed by atoms with E-state index < -0.39 is 0 Å². The fourth-order valence-electron chi connectivity index (χ4n) is 2.56. The van der Waals surface area contributed by atoms with E-state index in [2.05, 4.69) is 34.4 Å². The van der Waals surface area contributed by atoms with Crippen LogP contribution in [0.2, 0.25) is 0 Å². The Morgan fingerprint density at radius 2 is 1.87 bits per heavy atom. The van der Waals surface area contributed by atoms with Crippen molar-refractivity contribution < 1.29 is 9.47 Å². The molecule has 23 heavy (non-hydrogen) atoms. The Bertz CT molecular complexity index is 321. The molecule has 2 N–H and O–H groups in total. The van der Waals surface area contributed by atoms with E-state index in [-0.39, 0.29) is 29.5 Å². The first kappa shape index (κ1) is 22.9. The van der Waals surface area contributed by atoms with E-state index in [9.17, 15) is 0 Å². The minimum absolute atomic E-state index is 0. The molecule has 0 aliphatic carbocycles. The lowest BCUT2D eigenvalue weighted by molar-refractivity contribution is -0.00833. The van der Waals surface area contributed by atoms with E-state index in [4.69, 9.17) is 9.47 Å². The van der Waals surface area contributed by atoms with Crippen LogP contribution in [0.4, 0.5) is 0 Å². The van der Waals surface area contributed by atoms with E-state index in [0.29, 0.717) is 0 Å². The molecule has 0 aromatic heterocycles. The Hall–Kier alpha value is -0.120. The summed E-state index contributed by atoms with van der Waals surface area (Å²) in [5, 5.41) is 6.82. The van der Waals surface area contributed by atoms with Crippen molar-refractivity contribution in [2.24, 2.45) is 4.99 Å². The topological polar surface area (TPSA) is 58.1 Å². The molecule has 1 heterocycles. The van der Waals surface area contributed by atoms with Gasteiger partial charge in [0.1, 0.15) is 0 Å². The molecule has 1 aliphatic heterocycles. The maximum absolute atomic E-state index is 5.43. The second-order valence-electron chi connectivity index (χ2n) is 6.32. The first-order valence-corrected chi connectivity index (χ1v) is 8.36. The quantitative estimate of drug-likeness (QED) is 0.247. The molecule has 1 fully saturated rings. The summed E-state index contributed by atoms with van der Waals surface area (Å²) in [4.78, 5) is 6.77. The summed E-state index contributed by atoms with van der Waals surface area (Å²) >= 11 is 0. The highest BCUT2D eigenvalue weighted by atomic mass is 127. The lowest BCUT2D eigenvalue weighted by atomic mass is 10.0. The van der Waals surface area contributed by atoms with Gasteiger partial charge in [-0.25, -0.2) is 0 Å². The Balaban J connectivity index is 0.00000484. The van der Waals surface area contributed by atoms with Gasteiger partial charge in [0, 0.05) is 52.5 Å². The molecule has 0 aromatic carbocycles. The van der Waals surface area contributed by atoms with Crippen LogP contribution in [0.5, 0.6) is 0 Å². The lowest BCUT2D eigenvalue weighted by Crippen LogP contribution is -2.56. The first-order chi connectivity index (χ1) is 10.6. The smallest absolute Gasteiger partial charge is 0.191 e. The minimum Gasteiger partial charge on any atom is -0.385 e. The number of aliphatic imine (C=N–C) groups is 1. The van der Waals surface area contributed by atoms with Crippen molar-refractivity contribution in [3.8, 4) is 0 Å². The third-order valence-electron chi connectivity index (χ3n) is 4.10. The summed E-state index contributed by atoms with van der Waals surface area (Å²) in [6.45, 7) is 10.9. The average molecular weight is 442 g/mol. The summed E-state index contributed by atoms with van der Waals surface area (Å²) in [6, 6.07) is 0. The van der Waals surface area contributed by atoms with Crippen LogP contribution in [0, 0.1) is 0 Å². The number of guanidine groups is 1. The van der Waals surface area contributed by atoms with Crippen LogP contribution >= 0.6 is 24.0 Å². The molecule has 0 atom stereocenters. The van der Waals surface area contributed by atoms with E-state index in [1.807, 2.05) is 7.05 Å². The first-order valence-electron chi connectivity index (χ1n) is 8.36. The van der Waals surface area contributed by atoms with Gasteiger partial charge in [0.2, 0.25) is 0 Å². The number of rotatable bonds is 9. The molecule has 6 nitrogen and oxygen atoms in total. The number of methoxy groups -OCH3 is 1. The number of nitrogens with zero attached hydrogens (tertiary/aromatic N) is 2. The van der Waals surface area contributed by atoms with Crippen LogP contribution in [0.25, 0.3) is 0 Å². The van der Waals surface area contributed by atoms with Gasteiger partial charge in [-0.1, -0.05) is 0 Å². The van der Waals surface area contributed by atoms with Gasteiger partial charge in [-0.2, -0.15) is 0 Å². The standard InChI is InChI=1S/C16H34N4O2.HI/c1-16(2,20-9-12-22-13-10-20)14-19-15(17-3)18-8-6-5-7-11-21-4;/h5-14H2,1-4H3,(H2,17,18,19);1H. The molecule has 138 valence electrons. The van der Waals surface area contributed by atoms with E-state index >= 15 is 0 Å². The Morgan fingerprint density at radius 1 is 1.17 bits per heavy atom. The number of hydrogen-bond acceptors (Lipinski definition) is 4. The second kappa shape index (κ2) is 13.2. The summed E-state index contributed by atoms with van der Waals surface area (Å²) < 4.78 is 10.5. The highest BCUT2D eigenvalue weighted by Crippen LogP contribution is 2.14. The normalized spacial score (nSPS) is 16.8. The highest BCUT2D eigenvalue weighted by molar-refractivity contribution is 14.0. The number of nitrogens with one attached hydrogen (secondary N) is 2. The zero-order chi connectivity index (χ0) is 16.3. The maximum atomic E-state index is 5.43. The van der Waals surface area contributed by atoms with Crippen LogP contribution < -0.4 is 10.6 Å². The van der Waals surface area contributed by atoms with Crippen molar-refractivity contribution in [1.29, 1.82) is 0 Å². The van der Waals surface area contributed by atoms with Gasteiger partial charge < -0.3 is 20.1 Å². The second-order valence-corrected chi connectivity index (χ2v) is 6.32. The predicted octanol–water partition coefficient (Wildman–Crippen LogP) is 1.70. The molecule has 0 spiro atoms. The Morgan fingerprint density at radius 3 is 2.48 bits per heavy atom. The third-order valence-corrected chi connectivity index (χ3v) is 4.10. The zero-order valence-electron chi connectivity index (χ0n) is 15.2. The number of morpholine rings is 1. The molecular weight excluding hydrogens is 407 g/mol. The molecule has 1 aliphatic rings. The third kappa shape index (κ3) is 9.69. The van der Waals surface area contributed by atoms with Crippen molar-refractivity contribution in [2.45, 2.75) is 38.6 Å². The Labute approximate surface area is 158 Å². The van der Waals surface area contributed by atoms with Gasteiger partial charge in [-0.3, -0.25) is 9.89 Å². The minimum atomic E-state index is 0. The van der Waals surface area contributed by atoms with Gasteiger partial charge in [-0.15, -0.1) is 24.0 Å². The molecule has 0 aromatic rings. The van der Waals surface area contributed by atoms with E-state index in [1.54, 1.807) is 7.11 Å². The van der Waals surface area contributed by atoms with Crippen molar-refractivity contribution in [3.05, 3.63) is 0 Å². The summed E-state index contributed by atoms with van der Waals surface area (Å²) in [5.41, 5.74) is 0.0971. The molecule has 1 saturated heterocycles.